The third kappa shape index (κ3) is 5.48. The van der Waals surface area contributed by atoms with Crippen LogP contribution in [0.15, 0.2) is 86.5 Å². The van der Waals surface area contributed by atoms with Crippen molar-refractivity contribution in [2.45, 2.75) is 0 Å². The van der Waals surface area contributed by atoms with E-state index in [1.807, 2.05) is 24.3 Å². The molecule has 0 unspecified atom stereocenters. The predicted octanol–water partition coefficient (Wildman–Crippen LogP) is 5.99. The fourth-order valence-corrected chi connectivity index (χ4v) is 2.70. The number of rotatable bonds is 5. The van der Waals surface area contributed by atoms with Gasteiger partial charge in [0.1, 0.15) is 5.75 Å². The van der Waals surface area contributed by atoms with E-state index in [9.17, 15) is 9.90 Å². The number of amides is 1. The zero-order valence-corrected chi connectivity index (χ0v) is 16.7. The van der Waals surface area contributed by atoms with Crippen LogP contribution in [0.2, 0.25) is 5.02 Å². The van der Waals surface area contributed by atoms with E-state index in [1.165, 1.54) is 12.3 Å². The third-order valence-corrected chi connectivity index (χ3v) is 4.32. The van der Waals surface area contributed by atoms with E-state index in [-0.39, 0.29) is 5.75 Å². The van der Waals surface area contributed by atoms with E-state index in [0.717, 1.165) is 4.47 Å². The molecule has 0 aromatic heterocycles. The normalized spacial score (nSPS) is 11.2. The number of hydrogen-bond acceptors (Lipinski definition) is 5. The molecule has 3 aromatic rings. The van der Waals surface area contributed by atoms with Gasteiger partial charge in [0.05, 0.1) is 17.6 Å². The Morgan fingerprint density at radius 3 is 2.43 bits per heavy atom. The lowest BCUT2D eigenvalue weighted by Gasteiger charge is -2.02. The Bertz CT molecular complexity index is 1050. The number of nitrogens with one attached hydrogen (secondary N) is 1. The van der Waals surface area contributed by atoms with E-state index in [4.69, 9.17) is 11.6 Å². The molecule has 0 bridgehead atoms. The lowest BCUT2D eigenvalue weighted by atomic mass is 10.2. The Morgan fingerprint density at radius 1 is 1.00 bits per heavy atom. The van der Waals surface area contributed by atoms with Crippen molar-refractivity contribution in [1.82, 2.24) is 5.43 Å². The van der Waals surface area contributed by atoms with Crippen LogP contribution in [0.1, 0.15) is 15.9 Å². The number of halogens is 2. The number of azo groups is 1. The molecule has 0 fully saturated rings. The van der Waals surface area contributed by atoms with E-state index < -0.39 is 5.91 Å². The number of benzene rings is 3. The molecule has 0 heterocycles. The summed E-state index contributed by atoms with van der Waals surface area (Å²) in [5, 5.41) is 22.7. The lowest BCUT2D eigenvalue weighted by Crippen LogP contribution is -2.17. The Labute approximate surface area is 174 Å². The molecule has 0 aliphatic heterocycles. The number of carbonyl (C=O) groups excluding carboxylic acids is 1. The molecular formula is C20H14BrClN4O2. The first-order chi connectivity index (χ1) is 13.5. The molecule has 0 spiro atoms. The van der Waals surface area contributed by atoms with Crippen LogP contribution in [-0.4, -0.2) is 17.2 Å². The van der Waals surface area contributed by atoms with Gasteiger partial charge in [0.2, 0.25) is 0 Å². The summed E-state index contributed by atoms with van der Waals surface area (Å²) >= 11 is 9.17. The van der Waals surface area contributed by atoms with E-state index in [0.29, 0.717) is 27.5 Å². The summed E-state index contributed by atoms with van der Waals surface area (Å²) < 4.78 is 0.902. The molecule has 0 saturated heterocycles. The van der Waals surface area contributed by atoms with Gasteiger partial charge in [-0.25, -0.2) is 5.43 Å². The van der Waals surface area contributed by atoms with Crippen molar-refractivity contribution in [3.63, 3.8) is 0 Å². The van der Waals surface area contributed by atoms with Gasteiger partial charge >= 0.3 is 0 Å². The molecule has 1 amide bonds. The molecule has 3 aromatic carbocycles. The fraction of sp³-hybridized carbons (Fsp3) is 0. The van der Waals surface area contributed by atoms with Gasteiger partial charge in [0.15, 0.2) is 0 Å². The lowest BCUT2D eigenvalue weighted by molar-refractivity contribution is 0.0955. The van der Waals surface area contributed by atoms with Crippen molar-refractivity contribution < 1.29 is 9.90 Å². The summed E-state index contributed by atoms with van der Waals surface area (Å²) in [6.07, 6.45) is 1.33. The number of phenolic OH excluding ortho intramolecular Hbond substituents is 1. The minimum Gasteiger partial charge on any atom is -0.507 e. The third-order valence-electron chi connectivity index (χ3n) is 3.58. The van der Waals surface area contributed by atoms with E-state index >= 15 is 0 Å². The molecule has 0 radical (unpaired) electrons. The van der Waals surface area contributed by atoms with Crippen molar-refractivity contribution in [2.24, 2.45) is 15.3 Å². The highest BCUT2D eigenvalue weighted by molar-refractivity contribution is 9.10. The van der Waals surface area contributed by atoms with Crippen LogP contribution in [0, 0.1) is 0 Å². The summed E-state index contributed by atoms with van der Waals surface area (Å²) in [5.74, 6) is -0.385. The molecule has 8 heteroatoms. The van der Waals surface area contributed by atoms with Gasteiger partial charge in [-0.1, -0.05) is 33.6 Å². The Hall–Kier alpha value is -3.03. The van der Waals surface area contributed by atoms with Crippen LogP contribution < -0.4 is 5.43 Å². The summed E-state index contributed by atoms with van der Waals surface area (Å²) in [4.78, 5) is 12.0. The van der Waals surface area contributed by atoms with Crippen LogP contribution in [0.3, 0.4) is 0 Å². The van der Waals surface area contributed by atoms with Crippen molar-refractivity contribution in [2.75, 3.05) is 0 Å². The maximum absolute atomic E-state index is 12.0. The number of nitrogens with zero attached hydrogens (tertiary/aromatic N) is 3. The molecule has 0 aliphatic rings. The average Bonchev–Trinajstić information content (AvgIpc) is 2.69. The topological polar surface area (TPSA) is 86.4 Å². The first kappa shape index (κ1) is 19.7. The Kier molecular flexibility index (Phi) is 6.52. The number of hydrogen-bond donors (Lipinski definition) is 2. The number of hydrazone groups is 1. The largest absolute Gasteiger partial charge is 0.507 e. The van der Waals surface area contributed by atoms with Crippen molar-refractivity contribution in [3.8, 4) is 5.75 Å². The van der Waals surface area contributed by atoms with E-state index in [1.54, 1.807) is 36.4 Å². The second kappa shape index (κ2) is 9.25. The molecule has 0 aliphatic carbocycles. The van der Waals surface area contributed by atoms with Crippen molar-refractivity contribution in [1.29, 1.82) is 0 Å². The van der Waals surface area contributed by atoms with E-state index in [2.05, 4.69) is 36.7 Å². The van der Waals surface area contributed by atoms with Crippen LogP contribution in [0.25, 0.3) is 0 Å². The van der Waals surface area contributed by atoms with Crippen LogP contribution >= 0.6 is 27.5 Å². The Morgan fingerprint density at radius 2 is 1.71 bits per heavy atom. The number of phenols is 1. The van der Waals surface area contributed by atoms with Gasteiger partial charge < -0.3 is 5.11 Å². The summed E-state index contributed by atoms with van der Waals surface area (Å²) in [7, 11) is 0. The highest BCUT2D eigenvalue weighted by Gasteiger charge is 2.04. The summed E-state index contributed by atoms with van der Waals surface area (Å²) in [6, 6.07) is 18.5. The molecule has 28 heavy (non-hydrogen) atoms. The zero-order chi connectivity index (χ0) is 19.9. The standard InChI is InChI=1S/C20H14BrClN4O2/c21-15-2-1-3-17(11-15)24-25-18-8-9-19(27)14(10-18)12-23-26-20(28)13-4-6-16(22)7-5-13/h1-12,27H,(H,26,28). The average molecular weight is 458 g/mol. The SMILES string of the molecule is O=C(NN=Cc1cc(N=Nc2cccc(Br)c2)ccc1O)c1ccc(Cl)cc1. The fourth-order valence-electron chi connectivity index (χ4n) is 2.19. The predicted molar refractivity (Wildman–Crippen MR) is 113 cm³/mol. The van der Waals surface area contributed by atoms with Crippen LogP contribution in [0.5, 0.6) is 5.75 Å². The van der Waals surface area contributed by atoms with Gasteiger partial charge in [0, 0.05) is 20.6 Å². The second-order valence-corrected chi connectivity index (χ2v) is 6.98. The second-order valence-electron chi connectivity index (χ2n) is 5.63. The van der Waals surface area contributed by atoms with Crippen molar-refractivity contribution in [3.05, 3.63) is 87.4 Å². The summed E-state index contributed by atoms with van der Waals surface area (Å²) in [6.45, 7) is 0. The first-order valence-electron chi connectivity index (χ1n) is 8.10. The van der Waals surface area contributed by atoms with Gasteiger partial charge in [-0.15, -0.1) is 0 Å². The van der Waals surface area contributed by atoms with Crippen LogP contribution in [-0.2, 0) is 0 Å². The quantitative estimate of drug-likeness (QED) is 0.280. The monoisotopic (exact) mass is 456 g/mol. The molecule has 140 valence electrons. The Balaban J connectivity index is 1.70. The van der Waals surface area contributed by atoms with Gasteiger partial charge in [0.25, 0.3) is 5.91 Å². The minimum atomic E-state index is -0.391. The van der Waals surface area contributed by atoms with Crippen LogP contribution in [0.4, 0.5) is 11.4 Å². The highest BCUT2D eigenvalue weighted by Crippen LogP contribution is 2.25. The minimum absolute atomic E-state index is 0.00546. The molecule has 6 nitrogen and oxygen atoms in total. The molecular weight excluding hydrogens is 444 g/mol. The molecule has 0 saturated carbocycles. The van der Waals surface area contributed by atoms with Gasteiger partial charge in [-0.2, -0.15) is 15.3 Å². The molecule has 2 N–H and O–H groups in total. The summed E-state index contributed by atoms with van der Waals surface area (Å²) in [5.41, 5.74) is 4.42. The molecule has 0 atom stereocenters. The van der Waals surface area contributed by atoms with Crippen molar-refractivity contribution >= 4 is 51.0 Å². The highest BCUT2D eigenvalue weighted by atomic mass is 79.9. The first-order valence-corrected chi connectivity index (χ1v) is 9.28. The maximum Gasteiger partial charge on any atom is 0.271 e. The number of aromatic hydroxyl groups is 1. The number of carbonyl (C=O) groups is 1. The zero-order valence-electron chi connectivity index (χ0n) is 14.4. The maximum atomic E-state index is 12.0. The van der Waals surface area contributed by atoms with Gasteiger partial charge in [-0.05, 0) is 60.7 Å². The molecule has 3 rings (SSSR count). The van der Waals surface area contributed by atoms with Gasteiger partial charge in [-0.3, -0.25) is 4.79 Å². The smallest absolute Gasteiger partial charge is 0.271 e.